The highest BCUT2D eigenvalue weighted by Crippen LogP contribution is 2.31. The zero-order valence-electron chi connectivity index (χ0n) is 11.0. The van der Waals surface area contributed by atoms with Crippen LogP contribution < -0.4 is 14.8 Å². The molecule has 2 atom stereocenters. The van der Waals surface area contributed by atoms with E-state index in [1.54, 1.807) is 14.2 Å². The molecule has 0 aliphatic heterocycles. The van der Waals surface area contributed by atoms with Gasteiger partial charge in [0.2, 0.25) is 0 Å². The summed E-state index contributed by atoms with van der Waals surface area (Å²) in [5.41, 5.74) is 0.957. The van der Waals surface area contributed by atoms with Crippen molar-refractivity contribution in [3.8, 4) is 11.5 Å². The second-order valence-electron chi connectivity index (χ2n) is 4.67. The summed E-state index contributed by atoms with van der Waals surface area (Å²) in [4.78, 5) is 0. The van der Waals surface area contributed by atoms with Crippen LogP contribution in [0.5, 0.6) is 11.5 Å². The lowest BCUT2D eigenvalue weighted by molar-refractivity contribution is 0.116. The van der Waals surface area contributed by atoms with Crippen LogP contribution in [0.15, 0.2) is 18.2 Å². The minimum absolute atomic E-state index is 0.136. The van der Waals surface area contributed by atoms with E-state index in [1.807, 2.05) is 18.2 Å². The van der Waals surface area contributed by atoms with Gasteiger partial charge >= 0.3 is 0 Å². The molecule has 1 aliphatic carbocycles. The molecule has 0 heterocycles. The Bertz CT molecular complexity index is 395. The van der Waals surface area contributed by atoms with Gasteiger partial charge in [-0.1, -0.05) is 12.8 Å². The van der Waals surface area contributed by atoms with Gasteiger partial charge in [-0.2, -0.15) is 0 Å². The quantitative estimate of drug-likeness (QED) is 0.863. The highest BCUT2D eigenvalue weighted by atomic mass is 16.5. The molecule has 1 saturated carbocycles. The first-order chi connectivity index (χ1) is 8.74. The predicted molar refractivity (Wildman–Crippen MR) is 71.4 cm³/mol. The van der Waals surface area contributed by atoms with Crippen molar-refractivity contribution in [1.82, 2.24) is 0 Å². The fraction of sp³-hybridized carbons (Fsp3) is 0.571. The Morgan fingerprint density at radius 3 is 2.50 bits per heavy atom. The molecule has 1 aliphatic rings. The molecule has 1 fully saturated rings. The summed E-state index contributed by atoms with van der Waals surface area (Å²) >= 11 is 0. The summed E-state index contributed by atoms with van der Waals surface area (Å²) in [5, 5.41) is 13.3. The lowest BCUT2D eigenvalue weighted by Crippen LogP contribution is -2.36. The molecule has 18 heavy (non-hydrogen) atoms. The number of hydrogen-bond donors (Lipinski definition) is 2. The van der Waals surface area contributed by atoms with E-state index in [2.05, 4.69) is 5.32 Å². The second kappa shape index (κ2) is 5.96. The highest BCUT2D eigenvalue weighted by Gasteiger charge is 2.22. The molecule has 2 N–H and O–H groups in total. The normalized spacial score (nSPS) is 23.5. The SMILES string of the molecule is COc1ccc(N[C@@H]2CCCC[C@H]2O)cc1OC. The number of methoxy groups -OCH3 is 2. The number of aliphatic hydroxyl groups is 1. The first-order valence-corrected chi connectivity index (χ1v) is 6.41. The van der Waals surface area contributed by atoms with Crippen LogP contribution in [0.2, 0.25) is 0 Å². The van der Waals surface area contributed by atoms with E-state index in [0.29, 0.717) is 11.5 Å². The average molecular weight is 251 g/mol. The maximum atomic E-state index is 9.94. The van der Waals surface area contributed by atoms with Gasteiger partial charge in [0.05, 0.1) is 26.4 Å². The molecule has 0 aromatic heterocycles. The van der Waals surface area contributed by atoms with Gasteiger partial charge in [0.1, 0.15) is 0 Å². The molecule has 4 nitrogen and oxygen atoms in total. The molecule has 0 bridgehead atoms. The standard InChI is InChI=1S/C14H21NO3/c1-17-13-8-7-10(9-14(13)18-2)15-11-5-3-4-6-12(11)16/h7-9,11-12,15-16H,3-6H2,1-2H3/t11-,12-/m1/s1. The fourth-order valence-electron chi connectivity index (χ4n) is 2.42. The maximum absolute atomic E-state index is 9.94. The highest BCUT2D eigenvalue weighted by molar-refractivity contribution is 5.55. The number of anilines is 1. The minimum Gasteiger partial charge on any atom is -0.493 e. The summed E-state index contributed by atoms with van der Waals surface area (Å²) in [6, 6.07) is 5.86. The lowest BCUT2D eigenvalue weighted by Gasteiger charge is -2.29. The van der Waals surface area contributed by atoms with Gasteiger partial charge in [0.15, 0.2) is 11.5 Å². The zero-order valence-corrected chi connectivity index (χ0v) is 11.0. The van der Waals surface area contributed by atoms with Crippen molar-refractivity contribution >= 4 is 5.69 Å². The molecule has 1 aromatic carbocycles. The first kappa shape index (κ1) is 13.0. The fourth-order valence-corrected chi connectivity index (χ4v) is 2.42. The second-order valence-corrected chi connectivity index (χ2v) is 4.67. The number of hydrogen-bond acceptors (Lipinski definition) is 4. The number of aliphatic hydroxyl groups excluding tert-OH is 1. The smallest absolute Gasteiger partial charge is 0.162 e. The molecule has 1 aromatic rings. The summed E-state index contributed by atoms with van der Waals surface area (Å²) in [6.07, 6.45) is 3.92. The van der Waals surface area contributed by atoms with Crippen molar-refractivity contribution in [1.29, 1.82) is 0 Å². The molecule has 0 amide bonds. The van der Waals surface area contributed by atoms with E-state index in [4.69, 9.17) is 9.47 Å². The third-order valence-electron chi connectivity index (χ3n) is 3.47. The van der Waals surface area contributed by atoms with Gasteiger partial charge in [0, 0.05) is 11.8 Å². The van der Waals surface area contributed by atoms with Crippen LogP contribution in [0, 0.1) is 0 Å². The topological polar surface area (TPSA) is 50.7 Å². The summed E-state index contributed by atoms with van der Waals surface area (Å²) in [7, 11) is 3.24. The third-order valence-corrected chi connectivity index (χ3v) is 3.47. The van der Waals surface area contributed by atoms with Crippen LogP contribution in [0.1, 0.15) is 25.7 Å². The minimum atomic E-state index is -0.258. The van der Waals surface area contributed by atoms with Crippen LogP contribution >= 0.6 is 0 Å². The summed E-state index contributed by atoms with van der Waals surface area (Å²) in [6.45, 7) is 0. The molecule has 100 valence electrons. The largest absolute Gasteiger partial charge is 0.493 e. The molecule has 0 unspecified atom stereocenters. The van der Waals surface area contributed by atoms with Crippen molar-refractivity contribution in [2.24, 2.45) is 0 Å². The molecule has 2 rings (SSSR count). The average Bonchev–Trinajstić information content (AvgIpc) is 2.41. The monoisotopic (exact) mass is 251 g/mol. The predicted octanol–water partition coefficient (Wildman–Crippen LogP) is 2.42. The first-order valence-electron chi connectivity index (χ1n) is 6.41. The van der Waals surface area contributed by atoms with E-state index in [9.17, 15) is 5.11 Å². The van der Waals surface area contributed by atoms with E-state index >= 15 is 0 Å². The Kier molecular flexibility index (Phi) is 4.31. The van der Waals surface area contributed by atoms with Crippen LogP contribution in [0.4, 0.5) is 5.69 Å². The number of nitrogens with one attached hydrogen (secondary N) is 1. The van der Waals surface area contributed by atoms with Crippen molar-refractivity contribution in [3.05, 3.63) is 18.2 Å². The van der Waals surface area contributed by atoms with Gasteiger partial charge in [-0.3, -0.25) is 0 Å². The molecule has 0 saturated heterocycles. The Morgan fingerprint density at radius 2 is 1.83 bits per heavy atom. The lowest BCUT2D eigenvalue weighted by atomic mass is 9.92. The van der Waals surface area contributed by atoms with Gasteiger partial charge in [-0.25, -0.2) is 0 Å². The molecule has 0 radical (unpaired) electrons. The van der Waals surface area contributed by atoms with Crippen molar-refractivity contribution in [2.45, 2.75) is 37.8 Å². The van der Waals surface area contributed by atoms with Gasteiger partial charge in [-0.15, -0.1) is 0 Å². The Hall–Kier alpha value is -1.42. The number of rotatable bonds is 4. The van der Waals surface area contributed by atoms with Crippen molar-refractivity contribution in [3.63, 3.8) is 0 Å². The zero-order chi connectivity index (χ0) is 13.0. The van der Waals surface area contributed by atoms with Crippen LogP contribution in [-0.4, -0.2) is 31.5 Å². The number of ether oxygens (including phenoxy) is 2. The third kappa shape index (κ3) is 2.88. The summed E-state index contributed by atoms with van der Waals surface area (Å²) in [5.74, 6) is 1.42. The summed E-state index contributed by atoms with van der Waals surface area (Å²) < 4.78 is 10.5. The maximum Gasteiger partial charge on any atom is 0.162 e. The molecular formula is C14H21NO3. The molecule has 4 heteroatoms. The molecular weight excluding hydrogens is 230 g/mol. The molecule has 0 spiro atoms. The Balaban J connectivity index is 2.08. The number of benzene rings is 1. The van der Waals surface area contributed by atoms with Crippen LogP contribution in [-0.2, 0) is 0 Å². The van der Waals surface area contributed by atoms with Crippen molar-refractivity contribution < 1.29 is 14.6 Å². The van der Waals surface area contributed by atoms with E-state index in [1.165, 1.54) is 6.42 Å². The Morgan fingerprint density at radius 1 is 1.11 bits per heavy atom. The van der Waals surface area contributed by atoms with Crippen LogP contribution in [0.3, 0.4) is 0 Å². The van der Waals surface area contributed by atoms with Gasteiger partial charge in [0.25, 0.3) is 0 Å². The van der Waals surface area contributed by atoms with Crippen LogP contribution in [0.25, 0.3) is 0 Å². The van der Waals surface area contributed by atoms with E-state index in [-0.39, 0.29) is 12.1 Å². The van der Waals surface area contributed by atoms with Gasteiger partial charge < -0.3 is 19.9 Å². The Labute approximate surface area is 108 Å². The van der Waals surface area contributed by atoms with Crippen molar-refractivity contribution in [2.75, 3.05) is 19.5 Å². The van der Waals surface area contributed by atoms with Gasteiger partial charge in [-0.05, 0) is 25.0 Å². The van der Waals surface area contributed by atoms with E-state index < -0.39 is 0 Å². The van der Waals surface area contributed by atoms with E-state index in [0.717, 1.165) is 24.9 Å².